The highest BCUT2D eigenvalue weighted by molar-refractivity contribution is 7.13. The van der Waals surface area contributed by atoms with Gasteiger partial charge in [-0.3, -0.25) is 9.59 Å². The van der Waals surface area contributed by atoms with Crippen molar-refractivity contribution in [1.82, 2.24) is 20.7 Å². The lowest BCUT2D eigenvalue weighted by atomic mass is 10.1. The van der Waals surface area contributed by atoms with E-state index < -0.39 is 5.91 Å². The van der Waals surface area contributed by atoms with Crippen molar-refractivity contribution in [2.24, 2.45) is 0 Å². The van der Waals surface area contributed by atoms with Crippen molar-refractivity contribution >= 4 is 28.8 Å². The molecule has 0 aliphatic rings. The summed E-state index contributed by atoms with van der Waals surface area (Å²) in [7, 11) is 0. The van der Waals surface area contributed by atoms with Gasteiger partial charge in [-0.25, -0.2) is 0 Å². The zero-order valence-electron chi connectivity index (χ0n) is 19.6. The molecule has 0 saturated heterocycles. The molecular weight excluding hydrogens is 466 g/mol. The van der Waals surface area contributed by atoms with Crippen molar-refractivity contribution < 1.29 is 18.8 Å². The van der Waals surface area contributed by atoms with Crippen LogP contribution in [-0.4, -0.2) is 33.7 Å². The van der Waals surface area contributed by atoms with Crippen LogP contribution in [0.4, 0.5) is 5.69 Å². The van der Waals surface area contributed by atoms with Crippen LogP contribution in [0, 0.1) is 20.8 Å². The van der Waals surface area contributed by atoms with E-state index in [1.807, 2.05) is 45.0 Å². The molecule has 0 bridgehead atoms. The van der Waals surface area contributed by atoms with Gasteiger partial charge in [0.25, 0.3) is 11.8 Å². The highest BCUT2D eigenvalue weighted by Crippen LogP contribution is 2.20. The first-order valence-electron chi connectivity index (χ1n) is 11.0. The molecule has 0 radical (unpaired) electrons. The van der Waals surface area contributed by atoms with Crippen molar-refractivity contribution in [3.8, 4) is 5.75 Å². The van der Waals surface area contributed by atoms with E-state index in [9.17, 15) is 9.59 Å². The molecule has 2 amide bonds. The average molecular weight is 492 g/mol. The fourth-order valence-corrected chi connectivity index (χ4v) is 4.09. The van der Waals surface area contributed by atoms with Gasteiger partial charge in [-0.2, -0.15) is 0 Å². The first-order chi connectivity index (χ1) is 16.9. The van der Waals surface area contributed by atoms with Gasteiger partial charge in [-0.15, -0.1) is 10.2 Å². The quantitative estimate of drug-likeness (QED) is 0.359. The Morgan fingerprint density at radius 3 is 2.63 bits per heavy atom. The van der Waals surface area contributed by atoms with Crippen LogP contribution < -0.4 is 15.4 Å². The molecule has 2 aromatic carbocycles. The van der Waals surface area contributed by atoms with E-state index in [-0.39, 0.29) is 17.5 Å². The molecule has 4 rings (SSSR count). The minimum atomic E-state index is -0.402. The van der Waals surface area contributed by atoms with Crippen LogP contribution in [0.15, 0.2) is 53.1 Å². The smallest absolute Gasteiger partial charge is 0.286 e. The lowest BCUT2D eigenvalue weighted by Crippen LogP contribution is -2.26. The molecule has 180 valence electrons. The summed E-state index contributed by atoms with van der Waals surface area (Å²) < 4.78 is 10.9. The number of carbonyl (C=O) groups excluding carboxylic acids is 2. The summed E-state index contributed by atoms with van der Waals surface area (Å²) >= 11 is 1.16. The number of aryl methyl sites for hydroxylation is 3. The van der Waals surface area contributed by atoms with E-state index in [2.05, 4.69) is 26.0 Å². The molecule has 10 heteroatoms. The molecule has 0 spiro atoms. The molecule has 0 aliphatic carbocycles. The van der Waals surface area contributed by atoms with Gasteiger partial charge >= 0.3 is 0 Å². The number of anilines is 1. The van der Waals surface area contributed by atoms with Crippen molar-refractivity contribution in [2.75, 3.05) is 11.9 Å². The van der Waals surface area contributed by atoms with E-state index >= 15 is 0 Å². The normalized spacial score (nSPS) is 10.7. The Morgan fingerprint density at radius 1 is 1.03 bits per heavy atom. The fourth-order valence-electron chi connectivity index (χ4n) is 3.45. The number of benzene rings is 2. The standard InChI is InChI=1S/C25H25N5O4S/c1-15-7-4-5-10-21(15)33-14-22-28-29-25(35-22)24(32)27-19-9-6-8-18(13-19)23(31)26-12-11-20-16(2)30-34-17(20)3/h4-10,13H,11-12,14H2,1-3H3,(H,26,31)(H,27,32). The van der Waals surface area contributed by atoms with Gasteiger partial charge < -0.3 is 19.9 Å². The fraction of sp³-hybridized carbons (Fsp3) is 0.240. The maximum atomic E-state index is 12.6. The zero-order valence-corrected chi connectivity index (χ0v) is 20.4. The van der Waals surface area contributed by atoms with Crippen molar-refractivity contribution in [3.63, 3.8) is 0 Å². The summed E-state index contributed by atoms with van der Waals surface area (Å²) in [6, 6.07) is 14.4. The lowest BCUT2D eigenvalue weighted by Gasteiger charge is -2.08. The summed E-state index contributed by atoms with van der Waals surface area (Å²) in [5, 5.41) is 18.4. The number of ether oxygens (including phenoxy) is 1. The molecule has 0 fully saturated rings. The third-order valence-corrected chi connectivity index (χ3v) is 6.23. The Labute approximate surface area is 206 Å². The highest BCUT2D eigenvalue weighted by Gasteiger charge is 2.15. The number of carbonyl (C=O) groups is 2. The Kier molecular flexibility index (Phi) is 7.51. The topological polar surface area (TPSA) is 119 Å². The maximum Gasteiger partial charge on any atom is 0.286 e. The van der Waals surface area contributed by atoms with Crippen LogP contribution in [0.1, 0.15) is 47.7 Å². The Morgan fingerprint density at radius 2 is 1.86 bits per heavy atom. The van der Waals surface area contributed by atoms with Crippen molar-refractivity contribution in [2.45, 2.75) is 33.8 Å². The first-order valence-corrected chi connectivity index (χ1v) is 11.8. The molecule has 9 nitrogen and oxygen atoms in total. The SMILES string of the molecule is Cc1ccccc1OCc1nnc(C(=O)Nc2cccc(C(=O)NCCc3c(C)noc3C)c2)s1. The van der Waals surface area contributed by atoms with Gasteiger partial charge in [-0.05, 0) is 57.0 Å². The second-order valence-corrected chi connectivity index (χ2v) is 8.96. The molecule has 0 unspecified atom stereocenters. The van der Waals surface area contributed by atoms with Gasteiger partial charge in [0.2, 0.25) is 5.01 Å². The van der Waals surface area contributed by atoms with Gasteiger partial charge in [-0.1, -0.05) is 40.8 Å². The second-order valence-electron chi connectivity index (χ2n) is 7.90. The molecule has 35 heavy (non-hydrogen) atoms. The summed E-state index contributed by atoms with van der Waals surface area (Å²) in [5.74, 6) is 0.874. The molecule has 0 aliphatic heterocycles. The Bertz CT molecular complexity index is 1330. The number of nitrogens with zero attached hydrogens (tertiary/aromatic N) is 3. The zero-order chi connectivity index (χ0) is 24.8. The lowest BCUT2D eigenvalue weighted by molar-refractivity contribution is 0.0952. The van der Waals surface area contributed by atoms with Crippen molar-refractivity contribution in [3.05, 3.63) is 86.7 Å². The van der Waals surface area contributed by atoms with Crippen LogP contribution in [0.2, 0.25) is 0 Å². The van der Waals surface area contributed by atoms with E-state index in [1.165, 1.54) is 0 Å². The summed E-state index contributed by atoms with van der Waals surface area (Å²) in [6.45, 7) is 6.34. The molecule has 0 saturated carbocycles. The van der Waals surface area contributed by atoms with Crippen LogP contribution in [0.25, 0.3) is 0 Å². The van der Waals surface area contributed by atoms with Crippen molar-refractivity contribution in [1.29, 1.82) is 0 Å². The minimum Gasteiger partial charge on any atom is -0.486 e. The third-order valence-electron chi connectivity index (χ3n) is 5.33. The maximum absolute atomic E-state index is 12.6. The Balaban J connectivity index is 1.31. The monoisotopic (exact) mass is 491 g/mol. The number of rotatable bonds is 9. The van der Waals surface area contributed by atoms with E-state index in [0.717, 1.165) is 39.7 Å². The number of para-hydroxylation sites is 1. The summed E-state index contributed by atoms with van der Waals surface area (Å²) in [6.07, 6.45) is 0.621. The van der Waals surface area contributed by atoms with Gasteiger partial charge in [0, 0.05) is 23.4 Å². The highest BCUT2D eigenvalue weighted by atomic mass is 32.1. The molecule has 2 aromatic heterocycles. The van der Waals surface area contributed by atoms with Gasteiger partial charge in [0.15, 0.2) is 5.01 Å². The van der Waals surface area contributed by atoms with Crippen LogP contribution in [-0.2, 0) is 13.0 Å². The van der Waals surface area contributed by atoms with Gasteiger partial charge in [0.1, 0.15) is 18.1 Å². The number of amides is 2. The third kappa shape index (κ3) is 6.10. The van der Waals surface area contributed by atoms with E-state index in [4.69, 9.17) is 9.26 Å². The molecule has 4 aromatic rings. The van der Waals surface area contributed by atoms with E-state index in [1.54, 1.807) is 24.3 Å². The molecule has 2 heterocycles. The number of hydrogen-bond donors (Lipinski definition) is 2. The molecule has 2 N–H and O–H groups in total. The van der Waals surface area contributed by atoms with Crippen LogP contribution in [0.3, 0.4) is 0 Å². The second kappa shape index (κ2) is 10.9. The van der Waals surface area contributed by atoms with Crippen LogP contribution >= 0.6 is 11.3 Å². The largest absolute Gasteiger partial charge is 0.486 e. The number of aromatic nitrogens is 3. The van der Waals surface area contributed by atoms with Gasteiger partial charge in [0.05, 0.1) is 5.69 Å². The minimum absolute atomic E-state index is 0.211. The average Bonchev–Trinajstić information content (AvgIpc) is 3.46. The number of hydrogen-bond acceptors (Lipinski definition) is 8. The summed E-state index contributed by atoms with van der Waals surface area (Å²) in [5.41, 5.74) is 3.75. The van der Waals surface area contributed by atoms with E-state index in [0.29, 0.717) is 29.2 Å². The predicted molar refractivity (Wildman–Crippen MR) is 132 cm³/mol. The number of nitrogens with one attached hydrogen (secondary N) is 2. The Hall–Kier alpha value is -4.05. The van der Waals surface area contributed by atoms with Crippen LogP contribution in [0.5, 0.6) is 5.75 Å². The summed E-state index contributed by atoms with van der Waals surface area (Å²) in [4.78, 5) is 25.2. The molecular formula is C25H25N5O4S. The first kappa shape index (κ1) is 24.1. The predicted octanol–water partition coefficient (Wildman–Crippen LogP) is 4.26. The molecule has 0 atom stereocenters.